The first-order valence-corrected chi connectivity index (χ1v) is 9.13. The summed E-state index contributed by atoms with van der Waals surface area (Å²) in [6.07, 6.45) is 6.85. The molecule has 1 atom stereocenters. The van der Waals surface area contributed by atoms with Gasteiger partial charge in [-0.25, -0.2) is 13.8 Å². The highest BCUT2D eigenvalue weighted by Crippen LogP contribution is 2.63. The summed E-state index contributed by atoms with van der Waals surface area (Å²) >= 11 is 1.38. The van der Waals surface area contributed by atoms with Crippen LogP contribution in [0.2, 0.25) is 0 Å². The van der Waals surface area contributed by atoms with Crippen LogP contribution in [-0.4, -0.2) is 20.7 Å². The van der Waals surface area contributed by atoms with E-state index in [1.807, 2.05) is 19.2 Å². The van der Waals surface area contributed by atoms with E-state index in [2.05, 4.69) is 15.4 Å². The zero-order chi connectivity index (χ0) is 19.5. The van der Waals surface area contributed by atoms with Crippen LogP contribution in [0.4, 0.5) is 8.78 Å². The molecule has 3 aromatic rings. The lowest BCUT2D eigenvalue weighted by atomic mass is 10.1. The summed E-state index contributed by atoms with van der Waals surface area (Å²) in [4.78, 5) is 16.4. The van der Waals surface area contributed by atoms with Gasteiger partial charge >= 0.3 is 0 Å². The number of nitrogens with zero attached hydrogens (tertiary/aromatic N) is 3. The minimum absolute atomic E-state index is 0.417. The fourth-order valence-corrected chi connectivity index (χ4v) is 4.59. The van der Waals surface area contributed by atoms with E-state index in [1.54, 1.807) is 17.0 Å². The van der Waals surface area contributed by atoms with Crippen molar-refractivity contribution in [2.24, 2.45) is 7.05 Å². The molecule has 0 spiro atoms. The standard InChI is InChI=1S/C19H12F2N4O2S/c1-25-14(8-13(24-25)18-22-5-6-27-18)19-9-10(19)7-15(28-19)23-17(26)16-11(20)3-2-4-12(16)21/h2-9H,1H3,(H,23,26). The summed E-state index contributed by atoms with van der Waals surface area (Å²) in [6, 6.07) is 5.19. The van der Waals surface area contributed by atoms with E-state index in [-0.39, 0.29) is 0 Å². The molecule has 1 amide bonds. The Morgan fingerprint density at radius 3 is 2.82 bits per heavy atom. The van der Waals surface area contributed by atoms with Gasteiger partial charge in [0.1, 0.15) is 33.9 Å². The highest BCUT2D eigenvalue weighted by Gasteiger charge is 2.52. The second kappa shape index (κ2) is 5.90. The molecule has 0 radical (unpaired) electrons. The zero-order valence-electron chi connectivity index (χ0n) is 14.4. The van der Waals surface area contributed by atoms with E-state index in [0.29, 0.717) is 16.6 Å². The van der Waals surface area contributed by atoms with Crippen molar-refractivity contribution in [2.75, 3.05) is 0 Å². The minimum atomic E-state index is -0.901. The van der Waals surface area contributed by atoms with E-state index in [0.717, 1.165) is 23.4 Å². The average Bonchev–Trinajstić information content (AvgIpc) is 3.08. The molecule has 0 saturated heterocycles. The topological polar surface area (TPSA) is 73.0 Å². The fraction of sp³-hybridized carbons (Fsp3) is 0.105. The summed E-state index contributed by atoms with van der Waals surface area (Å²) in [5, 5.41) is 7.54. The van der Waals surface area contributed by atoms with Gasteiger partial charge in [0.2, 0.25) is 5.89 Å². The highest BCUT2D eigenvalue weighted by atomic mass is 32.2. The first-order valence-electron chi connectivity index (χ1n) is 8.32. The zero-order valence-corrected chi connectivity index (χ0v) is 15.3. The third-order valence-corrected chi connectivity index (χ3v) is 5.92. The number of hydrogen-bond donors (Lipinski definition) is 1. The van der Waals surface area contributed by atoms with Crippen LogP contribution in [0.1, 0.15) is 16.1 Å². The molecule has 0 fully saturated rings. The second-order valence-corrected chi connectivity index (χ2v) is 7.66. The number of nitrogens with one attached hydrogen (secondary N) is 1. The molecular weight excluding hydrogens is 386 g/mol. The largest absolute Gasteiger partial charge is 0.443 e. The summed E-state index contributed by atoms with van der Waals surface area (Å²) in [5.74, 6) is -2.21. The van der Waals surface area contributed by atoms with Gasteiger partial charge < -0.3 is 9.73 Å². The van der Waals surface area contributed by atoms with Crippen molar-refractivity contribution in [1.82, 2.24) is 20.1 Å². The molecule has 2 aromatic heterocycles. The molecule has 9 heteroatoms. The average molecular weight is 398 g/mol. The van der Waals surface area contributed by atoms with E-state index in [1.165, 1.54) is 24.1 Å². The number of hydrogen-bond acceptors (Lipinski definition) is 5. The Morgan fingerprint density at radius 2 is 2.11 bits per heavy atom. The van der Waals surface area contributed by atoms with Gasteiger partial charge in [-0.2, -0.15) is 5.10 Å². The van der Waals surface area contributed by atoms with Crippen molar-refractivity contribution < 1.29 is 18.0 Å². The lowest BCUT2D eigenvalue weighted by molar-refractivity contribution is 0.0960. The predicted octanol–water partition coefficient (Wildman–Crippen LogP) is 3.51. The van der Waals surface area contributed by atoms with Gasteiger partial charge in [0.15, 0.2) is 0 Å². The quantitative estimate of drug-likeness (QED) is 0.728. The molecule has 1 aromatic carbocycles. The van der Waals surface area contributed by atoms with Crippen molar-refractivity contribution >= 4 is 17.7 Å². The Labute approximate surface area is 161 Å². The van der Waals surface area contributed by atoms with Gasteiger partial charge in [-0.15, -0.1) is 0 Å². The van der Waals surface area contributed by atoms with Crippen molar-refractivity contribution in [2.45, 2.75) is 4.75 Å². The summed E-state index contributed by atoms with van der Waals surface area (Å²) in [5.41, 5.74) is 1.88. The molecule has 0 bridgehead atoms. The van der Waals surface area contributed by atoms with E-state index in [9.17, 15) is 13.6 Å². The number of benzene rings is 1. The molecule has 140 valence electrons. The Morgan fingerprint density at radius 1 is 1.32 bits per heavy atom. The maximum absolute atomic E-state index is 13.8. The van der Waals surface area contributed by atoms with Crippen LogP contribution in [-0.2, 0) is 11.8 Å². The van der Waals surface area contributed by atoms with Crippen LogP contribution < -0.4 is 5.32 Å². The van der Waals surface area contributed by atoms with Gasteiger partial charge in [-0.05, 0) is 29.8 Å². The van der Waals surface area contributed by atoms with Crippen molar-refractivity contribution in [3.05, 3.63) is 82.4 Å². The molecule has 3 heterocycles. The van der Waals surface area contributed by atoms with Gasteiger partial charge in [-0.1, -0.05) is 23.9 Å². The number of aryl methyl sites for hydroxylation is 1. The number of oxazole rings is 1. The first-order chi connectivity index (χ1) is 13.5. The fourth-order valence-electron chi connectivity index (χ4n) is 3.26. The first kappa shape index (κ1) is 16.9. The number of allylic oxidation sites excluding steroid dienone is 1. The normalized spacial score (nSPS) is 19.8. The van der Waals surface area contributed by atoms with Crippen molar-refractivity contribution in [3.8, 4) is 11.6 Å². The molecule has 1 aliphatic heterocycles. The van der Waals surface area contributed by atoms with Crippen LogP contribution in [0.25, 0.3) is 11.6 Å². The van der Waals surface area contributed by atoms with Crippen LogP contribution in [0.15, 0.2) is 63.9 Å². The van der Waals surface area contributed by atoms with Crippen molar-refractivity contribution in [3.63, 3.8) is 0 Å². The molecule has 1 unspecified atom stereocenters. The molecule has 6 nitrogen and oxygen atoms in total. The summed E-state index contributed by atoms with van der Waals surface area (Å²) < 4.78 is 34.2. The number of fused-ring (bicyclic) bond motifs is 1. The predicted molar refractivity (Wildman–Crippen MR) is 98.0 cm³/mol. The molecule has 1 aliphatic carbocycles. The molecule has 28 heavy (non-hydrogen) atoms. The maximum atomic E-state index is 13.8. The molecule has 2 aliphatic rings. The third kappa shape index (κ3) is 2.50. The summed E-state index contributed by atoms with van der Waals surface area (Å²) in [6.45, 7) is 0. The Balaban J connectivity index is 1.37. The molecular formula is C19H12F2N4O2S. The number of carbonyl (C=O) groups excluding carboxylic acids is 1. The number of rotatable bonds is 4. The monoisotopic (exact) mass is 398 g/mol. The van der Waals surface area contributed by atoms with Gasteiger partial charge in [0, 0.05) is 7.05 Å². The third-order valence-electron chi connectivity index (χ3n) is 4.60. The van der Waals surface area contributed by atoms with Crippen LogP contribution in [0, 0.1) is 11.6 Å². The van der Waals surface area contributed by atoms with Crippen molar-refractivity contribution in [1.29, 1.82) is 0 Å². The Kier molecular flexibility index (Phi) is 3.57. The number of thioether (sulfide) groups is 1. The van der Waals surface area contributed by atoms with Gasteiger partial charge in [0.25, 0.3) is 5.91 Å². The number of carbonyl (C=O) groups is 1. The summed E-state index contributed by atoms with van der Waals surface area (Å²) in [7, 11) is 1.81. The van der Waals surface area contributed by atoms with Gasteiger partial charge in [-0.3, -0.25) is 9.48 Å². The van der Waals surface area contributed by atoms with E-state index >= 15 is 0 Å². The van der Waals surface area contributed by atoms with E-state index < -0.39 is 27.9 Å². The molecule has 0 saturated carbocycles. The number of aromatic nitrogens is 3. The lowest BCUT2D eigenvalue weighted by Crippen LogP contribution is -2.24. The lowest BCUT2D eigenvalue weighted by Gasteiger charge is -2.15. The highest BCUT2D eigenvalue weighted by molar-refractivity contribution is 8.05. The second-order valence-electron chi connectivity index (χ2n) is 6.37. The Bertz CT molecular complexity index is 1160. The van der Waals surface area contributed by atoms with Crippen LogP contribution in [0.3, 0.4) is 0 Å². The molecule has 1 N–H and O–H groups in total. The van der Waals surface area contributed by atoms with Crippen LogP contribution >= 0.6 is 11.8 Å². The molecule has 5 rings (SSSR count). The van der Waals surface area contributed by atoms with Gasteiger partial charge in [0.05, 0.1) is 16.9 Å². The Hall–Kier alpha value is -3.20. The maximum Gasteiger partial charge on any atom is 0.262 e. The number of amides is 1. The smallest absolute Gasteiger partial charge is 0.262 e. The SMILES string of the molecule is Cn1nc(-c2ncco2)cc1C12C=C1C=C(NC(=O)c1c(F)cccc1F)S2. The van der Waals surface area contributed by atoms with E-state index in [4.69, 9.17) is 4.42 Å². The minimum Gasteiger partial charge on any atom is -0.443 e. The number of halogens is 2. The van der Waals surface area contributed by atoms with Crippen LogP contribution in [0.5, 0.6) is 0 Å².